The van der Waals surface area contributed by atoms with Crippen molar-refractivity contribution in [1.29, 1.82) is 0 Å². The lowest BCUT2D eigenvalue weighted by atomic mass is 9.84. The lowest BCUT2D eigenvalue weighted by molar-refractivity contribution is -0.386. The number of alkyl halides is 3. The third-order valence-electron chi connectivity index (χ3n) is 2.65. The first-order chi connectivity index (χ1) is 8.09. The van der Waals surface area contributed by atoms with Crippen LogP contribution in [0.2, 0.25) is 0 Å². The van der Waals surface area contributed by atoms with Crippen molar-refractivity contribution in [2.24, 2.45) is 0 Å². The minimum absolute atomic E-state index is 0.0722. The van der Waals surface area contributed by atoms with Crippen molar-refractivity contribution in [1.82, 2.24) is 0 Å². The van der Waals surface area contributed by atoms with Crippen LogP contribution in [0.15, 0.2) is 18.2 Å². The summed E-state index contributed by atoms with van der Waals surface area (Å²) in [4.78, 5) is 9.95. The Morgan fingerprint density at radius 1 is 1.33 bits per heavy atom. The Labute approximate surface area is 101 Å². The monoisotopic (exact) mass is 263 g/mol. The van der Waals surface area contributed by atoms with Gasteiger partial charge in [0.25, 0.3) is 5.69 Å². The lowest BCUT2D eigenvalue weighted by Gasteiger charge is -2.22. The molecule has 0 unspecified atom stereocenters. The van der Waals surface area contributed by atoms with Crippen LogP contribution < -0.4 is 0 Å². The molecule has 0 amide bonds. The number of aliphatic hydroxyl groups excluding tert-OH is 1. The second-order valence-corrected chi connectivity index (χ2v) is 4.53. The number of hydrogen-bond acceptors (Lipinski definition) is 3. The Morgan fingerprint density at radius 3 is 2.28 bits per heavy atom. The molecule has 0 bridgehead atoms. The van der Waals surface area contributed by atoms with Gasteiger partial charge in [0, 0.05) is 17.0 Å². The van der Waals surface area contributed by atoms with Gasteiger partial charge in [-0.15, -0.1) is 0 Å². The maximum absolute atomic E-state index is 12.5. The number of nitrogens with zero attached hydrogens (tertiary/aromatic N) is 1. The van der Waals surface area contributed by atoms with Gasteiger partial charge in [0.1, 0.15) is 0 Å². The van der Waals surface area contributed by atoms with Crippen LogP contribution in [-0.2, 0) is 11.6 Å². The van der Waals surface area contributed by atoms with Gasteiger partial charge in [0.15, 0.2) is 0 Å². The summed E-state index contributed by atoms with van der Waals surface area (Å²) in [5.41, 5.74) is -2.62. The Kier molecular flexibility index (Phi) is 3.66. The molecule has 1 aromatic rings. The standard InChI is InChI=1S/C11H12F3NO3/c1-10(2,6-16)8-4-3-7(11(12,13)14)5-9(8)15(17)18/h3-5,16H,6H2,1-2H3. The number of rotatable bonds is 3. The molecule has 0 fully saturated rings. The maximum Gasteiger partial charge on any atom is 0.416 e. The van der Waals surface area contributed by atoms with E-state index in [2.05, 4.69) is 0 Å². The van der Waals surface area contributed by atoms with Gasteiger partial charge in [0.2, 0.25) is 0 Å². The molecule has 0 aliphatic rings. The van der Waals surface area contributed by atoms with E-state index in [4.69, 9.17) is 5.11 Å². The minimum Gasteiger partial charge on any atom is -0.395 e. The Balaban J connectivity index is 3.44. The quantitative estimate of drug-likeness (QED) is 0.673. The van der Waals surface area contributed by atoms with Crippen LogP contribution in [0.3, 0.4) is 0 Å². The molecule has 0 heterocycles. The first kappa shape index (κ1) is 14.4. The van der Waals surface area contributed by atoms with E-state index >= 15 is 0 Å². The fraction of sp³-hybridized carbons (Fsp3) is 0.455. The summed E-state index contributed by atoms with van der Waals surface area (Å²) in [6, 6.07) is 2.31. The topological polar surface area (TPSA) is 63.4 Å². The Hall–Kier alpha value is -1.63. The van der Waals surface area contributed by atoms with E-state index in [-0.39, 0.29) is 5.56 Å². The highest BCUT2D eigenvalue weighted by molar-refractivity contribution is 5.48. The van der Waals surface area contributed by atoms with Crippen LogP contribution in [0, 0.1) is 10.1 Å². The van der Waals surface area contributed by atoms with Crippen LogP contribution in [0.1, 0.15) is 25.0 Å². The molecule has 4 nitrogen and oxygen atoms in total. The second kappa shape index (κ2) is 4.56. The van der Waals surface area contributed by atoms with E-state index in [0.29, 0.717) is 6.07 Å². The zero-order valence-corrected chi connectivity index (χ0v) is 9.78. The molecule has 1 N–H and O–H groups in total. The van der Waals surface area contributed by atoms with Crippen LogP contribution in [0.5, 0.6) is 0 Å². The summed E-state index contributed by atoms with van der Waals surface area (Å²) in [6.07, 6.45) is -4.63. The molecule has 0 aliphatic carbocycles. The SMILES string of the molecule is CC(C)(CO)c1ccc(C(F)(F)F)cc1[N+](=O)[O-]. The van der Waals surface area contributed by atoms with Crippen LogP contribution in [0.4, 0.5) is 18.9 Å². The van der Waals surface area contributed by atoms with Crippen LogP contribution in [0.25, 0.3) is 0 Å². The third kappa shape index (κ3) is 2.79. The maximum atomic E-state index is 12.5. The van der Waals surface area contributed by atoms with Gasteiger partial charge < -0.3 is 5.11 Å². The minimum atomic E-state index is -4.63. The van der Waals surface area contributed by atoms with E-state index in [1.807, 2.05) is 0 Å². The molecule has 7 heteroatoms. The highest BCUT2D eigenvalue weighted by atomic mass is 19.4. The molecule has 1 rings (SSSR count). The molecule has 0 spiro atoms. The van der Waals surface area contributed by atoms with Gasteiger partial charge in [-0.1, -0.05) is 19.9 Å². The van der Waals surface area contributed by atoms with Crippen molar-refractivity contribution in [3.8, 4) is 0 Å². The summed E-state index contributed by atoms with van der Waals surface area (Å²) in [7, 11) is 0. The number of nitro groups is 1. The van der Waals surface area contributed by atoms with Gasteiger partial charge in [-0.25, -0.2) is 0 Å². The van der Waals surface area contributed by atoms with Gasteiger partial charge in [-0.2, -0.15) is 13.2 Å². The number of benzene rings is 1. The first-order valence-corrected chi connectivity index (χ1v) is 5.06. The van der Waals surface area contributed by atoms with Crippen LogP contribution in [-0.4, -0.2) is 16.6 Å². The fourth-order valence-corrected chi connectivity index (χ4v) is 1.52. The Bertz CT molecular complexity index is 469. The summed E-state index contributed by atoms with van der Waals surface area (Å²) in [6.45, 7) is 2.63. The van der Waals surface area contributed by atoms with E-state index in [0.717, 1.165) is 12.1 Å². The molecule has 0 aromatic heterocycles. The lowest BCUT2D eigenvalue weighted by Crippen LogP contribution is -2.23. The number of nitro benzene ring substituents is 1. The Morgan fingerprint density at radius 2 is 1.89 bits per heavy atom. The molecule has 0 saturated heterocycles. The summed E-state index contributed by atoms with van der Waals surface area (Å²) >= 11 is 0. The normalized spacial score (nSPS) is 12.6. The van der Waals surface area contributed by atoms with E-state index in [9.17, 15) is 23.3 Å². The summed E-state index contributed by atoms with van der Waals surface area (Å²) < 4.78 is 37.4. The molecule has 100 valence electrons. The highest BCUT2D eigenvalue weighted by Gasteiger charge is 2.35. The van der Waals surface area contributed by atoms with Crippen molar-refractivity contribution < 1.29 is 23.2 Å². The summed E-state index contributed by atoms with van der Waals surface area (Å²) in [5.74, 6) is 0. The van der Waals surface area contributed by atoms with Gasteiger partial charge in [0.05, 0.1) is 17.1 Å². The predicted molar refractivity (Wildman–Crippen MR) is 58.2 cm³/mol. The van der Waals surface area contributed by atoms with Gasteiger partial charge >= 0.3 is 6.18 Å². The number of aliphatic hydroxyl groups is 1. The highest BCUT2D eigenvalue weighted by Crippen LogP contribution is 2.37. The zero-order valence-electron chi connectivity index (χ0n) is 9.78. The fourth-order valence-electron chi connectivity index (χ4n) is 1.52. The number of halogens is 3. The molecule has 18 heavy (non-hydrogen) atoms. The third-order valence-corrected chi connectivity index (χ3v) is 2.65. The van der Waals surface area contributed by atoms with Crippen molar-refractivity contribution in [2.45, 2.75) is 25.4 Å². The second-order valence-electron chi connectivity index (χ2n) is 4.53. The molecule has 0 saturated carbocycles. The van der Waals surface area contributed by atoms with Gasteiger partial charge in [-0.05, 0) is 6.07 Å². The zero-order chi connectivity index (χ0) is 14.1. The average Bonchev–Trinajstić information content (AvgIpc) is 2.27. The largest absolute Gasteiger partial charge is 0.416 e. The molecule has 0 atom stereocenters. The van der Waals surface area contributed by atoms with Crippen molar-refractivity contribution in [3.05, 3.63) is 39.4 Å². The first-order valence-electron chi connectivity index (χ1n) is 5.06. The van der Waals surface area contributed by atoms with E-state index in [1.54, 1.807) is 0 Å². The smallest absolute Gasteiger partial charge is 0.395 e. The average molecular weight is 263 g/mol. The van der Waals surface area contributed by atoms with E-state index in [1.165, 1.54) is 13.8 Å². The van der Waals surface area contributed by atoms with E-state index < -0.39 is 34.4 Å². The molecular weight excluding hydrogens is 251 g/mol. The van der Waals surface area contributed by atoms with Crippen LogP contribution >= 0.6 is 0 Å². The molecular formula is C11H12F3NO3. The number of hydrogen-bond donors (Lipinski definition) is 1. The summed E-state index contributed by atoms with van der Waals surface area (Å²) in [5, 5.41) is 20.0. The van der Waals surface area contributed by atoms with Crippen molar-refractivity contribution in [2.75, 3.05) is 6.61 Å². The molecule has 0 radical (unpaired) electrons. The molecule has 1 aromatic carbocycles. The van der Waals surface area contributed by atoms with Gasteiger partial charge in [-0.3, -0.25) is 10.1 Å². The van der Waals surface area contributed by atoms with Crippen molar-refractivity contribution in [3.63, 3.8) is 0 Å². The molecule has 0 aliphatic heterocycles. The predicted octanol–water partition coefficient (Wildman–Crippen LogP) is 2.88. The van der Waals surface area contributed by atoms with Crippen molar-refractivity contribution >= 4 is 5.69 Å².